The standard InChI is InChI=1S/C45H74O2/c1-7-8-9-10-11-12-13-14-15-16-17-18-19-20-21-25-43(46)47-38-30-32-44(5)37(34-38)26-27-39-41-29-28-40(36(4)24-22-23-35(2)3)45(41,6)33-31-42(39)44/h8-9,11-12,14-15,26,35-36,38-42H,7,10,13,16-25,27-34H2,1-6H3/b9-8-,12-11-,15-14-/t36-,38?,39?,40-,41?,42?,44+,45-/m1/s1. The predicted octanol–water partition coefficient (Wildman–Crippen LogP) is 13.5. The number of carbonyl (C=O) groups is 1. The van der Waals surface area contributed by atoms with E-state index in [0.29, 0.717) is 17.3 Å². The molecule has 0 bridgehead atoms. The van der Waals surface area contributed by atoms with Gasteiger partial charge in [0.2, 0.25) is 0 Å². The molecule has 0 aromatic carbocycles. The van der Waals surface area contributed by atoms with Crippen molar-refractivity contribution in [1.82, 2.24) is 0 Å². The monoisotopic (exact) mass is 647 g/mol. The van der Waals surface area contributed by atoms with Crippen molar-refractivity contribution in [3.8, 4) is 0 Å². The summed E-state index contributed by atoms with van der Waals surface area (Å²) in [6, 6.07) is 0. The summed E-state index contributed by atoms with van der Waals surface area (Å²) in [5, 5.41) is 0. The van der Waals surface area contributed by atoms with E-state index in [1.54, 1.807) is 5.57 Å². The third-order valence-corrected chi connectivity index (χ3v) is 13.6. The van der Waals surface area contributed by atoms with Crippen molar-refractivity contribution in [2.24, 2.45) is 46.3 Å². The van der Waals surface area contributed by atoms with Crippen LogP contribution in [0.3, 0.4) is 0 Å². The smallest absolute Gasteiger partial charge is 0.306 e. The minimum Gasteiger partial charge on any atom is -0.462 e. The maximum atomic E-state index is 12.8. The van der Waals surface area contributed by atoms with Gasteiger partial charge in [0.15, 0.2) is 0 Å². The molecule has 0 aliphatic heterocycles. The molecule has 0 heterocycles. The van der Waals surface area contributed by atoms with Crippen molar-refractivity contribution in [1.29, 1.82) is 0 Å². The maximum absolute atomic E-state index is 12.8. The second kappa shape index (κ2) is 19.0. The van der Waals surface area contributed by atoms with E-state index in [0.717, 1.165) is 80.5 Å². The Morgan fingerprint density at radius 2 is 1.55 bits per heavy atom. The van der Waals surface area contributed by atoms with Crippen LogP contribution in [-0.2, 0) is 9.53 Å². The highest BCUT2D eigenvalue weighted by atomic mass is 16.5. The van der Waals surface area contributed by atoms with Gasteiger partial charge >= 0.3 is 5.97 Å². The van der Waals surface area contributed by atoms with Crippen molar-refractivity contribution < 1.29 is 9.53 Å². The van der Waals surface area contributed by atoms with Crippen molar-refractivity contribution in [3.05, 3.63) is 48.1 Å². The van der Waals surface area contributed by atoms with Gasteiger partial charge in [-0.15, -0.1) is 0 Å². The molecule has 8 atom stereocenters. The fourth-order valence-electron chi connectivity index (χ4n) is 10.9. The molecule has 2 heteroatoms. The summed E-state index contributed by atoms with van der Waals surface area (Å²) in [7, 11) is 0. The summed E-state index contributed by atoms with van der Waals surface area (Å²) in [6.07, 6.45) is 41.7. The van der Waals surface area contributed by atoms with Crippen molar-refractivity contribution in [3.63, 3.8) is 0 Å². The minimum atomic E-state index is 0.0435. The van der Waals surface area contributed by atoms with Gasteiger partial charge in [-0.25, -0.2) is 0 Å². The van der Waals surface area contributed by atoms with Gasteiger partial charge in [-0.1, -0.05) is 128 Å². The minimum absolute atomic E-state index is 0.0435. The Balaban J connectivity index is 1.13. The molecular formula is C45H74O2. The fraction of sp³-hybridized carbons (Fsp3) is 0.800. The lowest BCUT2D eigenvalue weighted by atomic mass is 9.47. The van der Waals surface area contributed by atoms with Crippen molar-refractivity contribution >= 4 is 5.97 Å². The number of unbranched alkanes of at least 4 members (excludes halogenated alkanes) is 5. The van der Waals surface area contributed by atoms with Gasteiger partial charge in [-0.05, 0) is 130 Å². The zero-order valence-electron chi connectivity index (χ0n) is 31.7. The first-order valence-corrected chi connectivity index (χ1v) is 20.5. The van der Waals surface area contributed by atoms with Gasteiger partial charge in [-0.2, -0.15) is 0 Å². The number of rotatable bonds is 19. The number of esters is 1. The maximum Gasteiger partial charge on any atom is 0.306 e. The lowest BCUT2D eigenvalue weighted by Gasteiger charge is -2.58. The van der Waals surface area contributed by atoms with E-state index >= 15 is 0 Å². The largest absolute Gasteiger partial charge is 0.462 e. The normalized spacial score (nSPS) is 32.9. The molecule has 0 aromatic rings. The first kappa shape index (κ1) is 38.2. The molecule has 0 spiro atoms. The highest BCUT2D eigenvalue weighted by Gasteiger charge is 2.59. The molecule has 0 radical (unpaired) electrons. The zero-order chi connectivity index (χ0) is 33.7. The molecule has 0 N–H and O–H groups in total. The van der Waals surface area contributed by atoms with E-state index in [-0.39, 0.29) is 12.1 Å². The van der Waals surface area contributed by atoms with Crippen LogP contribution in [0.15, 0.2) is 48.1 Å². The lowest BCUT2D eigenvalue weighted by Crippen LogP contribution is -2.51. The Hall–Kier alpha value is -1.57. The summed E-state index contributed by atoms with van der Waals surface area (Å²) < 4.78 is 6.12. The number of allylic oxidation sites excluding steroid dienone is 7. The Kier molecular flexibility index (Phi) is 15.4. The van der Waals surface area contributed by atoms with Crippen LogP contribution < -0.4 is 0 Å². The summed E-state index contributed by atoms with van der Waals surface area (Å²) in [4.78, 5) is 12.8. The highest BCUT2D eigenvalue weighted by molar-refractivity contribution is 5.69. The predicted molar refractivity (Wildman–Crippen MR) is 202 cm³/mol. The van der Waals surface area contributed by atoms with Gasteiger partial charge in [-0.3, -0.25) is 4.79 Å². The van der Waals surface area contributed by atoms with Crippen LogP contribution in [0.1, 0.15) is 176 Å². The molecule has 47 heavy (non-hydrogen) atoms. The second-order valence-electron chi connectivity index (χ2n) is 17.2. The van der Waals surface area contributed by atoms with Gasteiger partial charge in [0.1, 0.15) is 6.10 Å². The molecule has 3 saturated carbocycles. The first-order chi connectivity index (χ1) is 22.7. The molecule has 3 fully saturated rings. The molecule has 0 aromatic heterocycles. The van der Waals surface area contributed by atoms with Crippen LogP contribution in [-0.4, -0.2) is 12.1 Å². The van der Waals surface area contributed by atoms with Crippen LogP contribution in [0.2, 0.25) is 0 Å². The topological polar surface area (TPSA) is 26.3 Å². The SMILES string of the molecule is CC/C=C\C/C=C\C/C=C\CCCCCCCC(=O)OC1CC[C@@]2(C)C(=CCC3C2CC[C@@]2(C)C3CC[C@@H]2[C@H](C)CCCC(C)C)C1. The third kappa shape index (κ3) is 10.5. The molecule has 0 amide bonds. The Morgan fingerprint density at radius 3 is 2.32 bits per heavy atom. The number of carbonyl (C=O) groups excluding carboxylic acids is 1. The van der Waals surface area contributed by atoms with E-state index in [9.17, 15) is 4.79 Å². The molecular weight excluding hydrogens is 572 g/mol. The Bertz CT molecular complexity index is 1060. The van der Waals surface area contributed by atoms with E-state index < -0.39 is 0 Å². The second-order valence-corrected chi connectivity index (χ2v) is 17.2. The van der Waals surface area contributed by atoms with Crippen LogP contribution in [0.5, 0.6) is 0 Å². The number of hydrogen-bond acceptors (Lipinski definition) is 2. The summed E-state index contributed by atoms with van der Waals surface area (Å²) >= 11 is 0. The van der Waals surface area contributed by atoms with Crippen molar-refractivity contribution in [2.75, 3.05) is 0 Å². The van der Waals surface area contributed by atoms with Gasteiger partial charge < -0.3 is 4.74 Å². The average Bonchev–Trinajstić information content (AvgIpc) is 3.40. The molecule has 4 unspecified atom stereocenters. The van der Waals surface area contributed by atoms with Crippen LogP contribution >= 0.6 is 0 Å². The first-order valence-electron chi connectivity index (χ1n) is 20.5. The highest BCUT2D eigenvalue weighted by Crippen LogP contribution is 2.67. The molecule has 4 aliphatic carbocycles. The van der Waals surface area contributed by atoms with E-state index in [1.807, 2.05) is 0 Å². The Labute approximate surface area is 291 Å². The average molecular weight is 647 g/mol. The summed E-state index contributed by atoms with van der Waals surface area (Å²) in [6.45, 7) is 14.8. The quantitative estimate of drug-likeness (QED) is 0.0793. The summed E-state index contributed by atoms with van der Waals surface area (Å²) in [5.41, 5.74) is 2.51. The number of fused-ring (bicyclic) bond motifs is 5. The molecule has 2 nitrogen and oxygen atoms in total. The molecule has 266 valence electrons. The zero-order valence-corrected chi connectivity index (χ0v) is 31.7. The molecule has 4 rings (SSSR count). The van der Waals surface area contributed by atoms with Gasteiger partial charge in [0.05, 0.1) is 0 Å². The fourth-order valence-corrected chi connectivity index (χ4v) is 10.9. The Morgan fingerprint density at radius 1 is 0.830 bits per heavy atom. The van der Waals surface area contributed by atoms with E-state index in [1.165, 1.54) is 83.5 Å². The summed E-state index contributed by atoms with van der Waals surface area (Å²) in [5.74, 6) is 5.28. The molecule has 4 aliphatic rings. The number of hydrogen-bond donors (Lipinski definition) is 0. The lowest BCUT2D eigenvalue weighted by molar-refractivity contribution is -0.151. The van der Waals surface area contributed by atoms with Gasteiger partial charge in [0.25, 0.3) is 0 Å². The van der Waals surface area contributed by atoms with E-state index in [4.69, 9.17) is 4.74 Å². The van der Waals surface area contributed by atoms with Crippen LogP contribution in [0.4, 0.5) is 0 Å². The van der Waals surface area contributed by atoms with Crippen LogP contribution in [0.25, 0.3) is 0 Å². The third-order valence-electron chi connectivity index (χ3n) is 13.6. The number of ether oxygens (including phenoxy) is 1. The van der Waals surface area contributed by atoms with Gasteiger partial charge in [0, 0.05) is 12.8 Å². The molecule has 0 saturated heterocycles. The van der Waals surface area contributed by atoms with Crippen LogP contribution in [0, 0.1) is 46.3 Å². The van der Waals surface area contributed by atoms with Crippen molar-refractivity contribution in [2.45, 2.75) is 182 Å². The van der Waals surface area contributed by atoms with E-state index in [2.05, 4.69) is 84.1 Å².